The highest BCUT2D eigenvalue weighted by atomic mass is 32.1. The third-order valence-electron chi connectivity index (χ3n) is 3.52. The second-order valence-electron chi connectivity index (χ2n) is 5.59. The number of hydrogen-bond donors (Lipinski definition) is 3. The lowest BCUT2D eigenvalue weighted by Gasteiger charge is -2.11. The monoisotopic (exact) mass is 387 g/mol. The summed E-state index contributed by atoms with van der Waals surface area (Å²) in [5.41, 5.74) is 1.72. The number of halogens is 2. The number of thiocarbonyl (C=S) groups is 1. The maximum atomic E-state index is 13.2. The van der Waals surface area contributed by atoms with Crippen LogP contribution in [0, 0.1) is 11.6 Å². The molecule has 0 bridgehead atoms. The Kier molecular flexibility index (Phi) is 5.77. The van der Waals surface area contributed by atoms with Gasteiger partial charge >= 0.3 is 0 Å². The van der Waals surface area contributed by atoms with E-state index in [4.69, 9.17) is 16.6 Å². The maximum absolute atomic E-state index is 13.2. The van der Waals surface area contributed by atoms with E-state index >= 15 is 0 Å². The first-order valence-electron chi connectivity index (χ1n) is 7.94. The van der Waals surface area contributed by atoms with E-state index in [1.807, 2.05) is 0 Å². The van der Waals surface area contributed by atoms with Gasteiger partial charge in [0.1, 0.15) is 11.6 Å². The molecule has 3 aromatic rings. The standard InChI is InChI=1S/C19H15F2N3O2S/c20-13-8-12(9-14(21)10-13)11-22-19(27)24-16-5-3-15(4-6-16)23-18(25)17-2-1-7-26-17/h1-10H,11H2,(H,23,25)(H2,22,24,27). The second-order valence-corrected chi connectivity index (χ2v) is 6.00. The molecule has 1 aromatic heterocycles. The number of rotatable bonds is 5. The molecule has 1 heterocycles. The van der Waals surface area contributed by atoms with E-state index in [0.717, 1.165) is 6.07 Å². The topological polar surface area (TPSA) is 66.3 Å². The highest BCUT2D eigenvalue weighted by Crippen LogP contribution is 2.15. The van der Waals surface area contributed by atoms with Crippen molar-refractivity contribution in [2.75, 3.05) is 10.6 Å². The van der Waals surface area contributed by atoms with E-state index in [9.17, 15) is 13.6 Å². The molecule has 0 atom stereocenters. The Morgan fingerprint density at radius 3 is 2.19 bits per heavy atom. The van der Waals surface area contributed by atoms with Crippen molar-refractivity contribution in [3.63, 3.8) is 0 Å². The predicted molar refractivity (Wildman–Crippen MR) is 103 cm³/mol. The fourth-order valence-corrected chi connectivity index (χ4v) is 2.50. The van der Waals surface area contributed by atoms with E-state index in [2.05, 4.69) is 16.0 Å². The van der Waals surface area contributed by atoms with Crippen LogP contribution in [-0.2, 0) is 6.54 Å². The lowest BCUT2D eigenvalue weighted by Crippen LogP contribution is -2.27. The smallest absolute Gasteiger partial charge is 0.291 e. The molecule has 2 aromatic carbocycles. The van der Waals surface area contributed by atoms with Crippen molar-refractivity contribution >= 4 is 34.6 Å². The van der Waals surface area contributed by atoms with Crippen molar-refractivity contribution in [1.82, 2.24) is 5.32 Å². The Labute approximate surface area is 159 Å². The summed E-state index contributed by atoms with van der Waals surface area (Å²) >= 11 is 5.17. The average Bonchev–Trinajstić information content (AvgIpc) is 3.16. The molecule has 8 heteroatoms. The maximum Gasteiger partial charge on any atom is 0.291 e. The van der Waals surface area contributed by atoms with Gasteiger partial charge in [-0.05, 0) is 66.3 Å². The van der Waals surface area contributed by atoms with Gasteiger partial charge in [0, 0.05) is 24.0 Å². The summed E-state index contributed by atoms with van der Waals surface area (Å²) in [7, 11) is 0. The van der Waals surface area contributed by atoms with Crippen molar-refractivity contribution in [1.29, 1.82) is 0 Å². The van der Waals surface area contributed by atoms with Crippen LogP contribution in [0.2, 0.25) is 0 Å². The summed E-state index contributed by atoms with van der Waals surface area (Å²) in [5.74, 6) is -1.41. The van der Waals surface area contributed by atoms with Crippen molar-refractivity contribution in [3.8, 4) is 0 Å². The van der Waals surface area contributed by atoms with Crippen LogP contribution in [-0.4, -0.2) is 11.0 Å². The van der Waals surface area contributed by atoms with Crippen LogP contribution in [0.4, 0.5) is 20.2 Å². The summed E-state index contributed by atoms with van der Waals surface area (Å²) in [6.45, 7) is 0.178. The molecule has 1 amide bonds. The van der Waals surface area contributed by atoms with E-state index in [0.29, 0.717) is 22.1 Å². The third-order valence-corrected chi connectivity index (χ3v) is 3.77. The molecule has 0 unspecified atom stereocenters. The number of carbonyl (C=O) groups is 1. The first-order chi connectivity index (χ1) is 13.0. The van der Waals surface area contributed by atoms with E-state index in [1.165, 1.54) is 18.4 Å². The fraction of sp³-hybridized carbons (Fsp3) is 0.0526. The SMILES string of the molecule is O=C(Nc1ccc(NC(=S)NCc2cc(F)cc(F)c2)cc1)c1ccco1. The quantitative estimate of drug-likeness (QED) is 0.570. The van der Waals surface area contributed by atoms with E-state index < -0.39 is 11.6 Å². The van der Waals surface area contributed by atoms with Gasteiger partial charge in [-0.1, -0.05) is 0 Å². The van der Waals surface area contributed by atoms with Gasteiger partial charge in [0.05, 0.1) is 6.26 Å². The highest BCUT2D eigenvalue weighted by molar-refractivity contribution is 7.80. The number of carbonyl (C=O) groups excluding carboxylic acids is 1. The van der Waals surface area contributed by atoms with Gasteiger partial charge < -0.3 is 20.4 Å². The minimum Gasteiger partial charge on any atom is -0.459 e. The van der Waals surface area contributed by atoms with Crippen LogP contribution in [0.3, 0.4) is 0 Å². The largest absolute Gasteiger partial charge is 0.459 e. The van der Waals surface area contributed by atoms with Crippen LogP contribution in [0.5, 0.6) is 0 Å². The second kappa shape index (κ2) is 8.41. The Morgan fingerprint density at radius 1 is 0.963 bits per heavy atom. The number of anilines is 2. The molecule has 0 saturated heterocycles. The molecule has 0 fully saturated rings. The summed E-state index contributed by atoms with van der Waals surface area (Å²) in [6, 6.07) is 13.3. The molecule has 138 valence electrons. The Bertz CT molecular complexity index is 924. The number of benzene rings is 2. The van der Waals surface area contributed by atoms with Crippen LogP contribution in [0.1, 0.15) is 16.1 Å². The number of nitrogens with one attached hydrogen (secondary N) is 3. The molecule has 0 spiro atoms. The minimum atomic E-state index is -0.641. The van der Waals surface area contributed by atoms with Gasteiger partial charge in [0.2, 0.25) is 0 Å². The number of furan rings is 1. The molecular formula is C19H15F2N3O2S. The van der Waals surface area contributed by atoms with Gasteiger partial charge in [-0.2, -0.15) is 0 Å². The Balaban J connectivity index is 1.51. The fourth-order valence-electron chi connectivity index (χ4n) is 2.31. The number of amides is 1. The third kappa shape index (κ3) is 5.35. The van der Waals surface area contributed by atoms with E-state index in [-0.39, 0.29) is 18.2 Å². The zero-order valence-corrected chi connectivity index (χ0v) is 14.8. The molecule has 0 saturated carbocycles. The van der Waals surface area contributed by atoms with Gasteiger partial charge in [0.25, 0.3) is 5.91 Å². The summed E-state index contributed by atoms with van der Waals surface area (Å²) in [6.07, 6.45) is 1.42. The van der Waals surface area contributed by atoms with Crippen LogP contribution >= 0.6 is 12.2 Å². The normalized spacial score (nSPS) is 10.3. The first-order valence-corrected chi connectivity index (χ1v) is 8.35. The first kappa shape index (κ1) is 18.5. The molecular weight excluding hydrogens is 372 g/mol. The van der Waals surface area contributed by atoms with Crippen molar-refractivity contribution in [3.05, 3.63) is 83.8 Å². The van der Waals surface area contributed by atoms with Gasteiger partial charge in [-0.15, -0.1) is 0 Å². The van der Waals surface area contributed by atoms with Gasteiger partial charge in [-0.25, -0.2) is 8.78 Å². The minimum absolute atomic E-state index is 0.178. The summed E-state index contributed by atoms with van der Waals surface area (Å²) in [5, 5.41) is 8.82. The molecule has 3 N–H and O–H groups in total. The van der Waals surface area contributed by atoms with Crippen molar-refractivity contribution in [2.24, 2.45) is 0 Å². The van der Waals surface area contributed by atoms with E-state index in [1.54, 1.807) is 36.4 Å². The van der Waals surface area contributed by atoms with Crippen molar-refractivity contribution < 1.29 is 18.0 Å². The van der Waals surface area contributed by atoms with Crippen LogP contribution < -0.4 is 16.0 Å². The highest BCUT2D eigenvalue weighted by Gasteiger charge is 2.08. The molecule has 0 aliphatic heterocycles. The van der Waals surface area contributed by atoms with Crippen molar-refractivity contribution in [2.45, 2.75) is 6.54 Å². The zero-order chi connectivity index (χ0) is 19.2. The molecule has 0 aliphatic carbocycles. The molecule has 0 radical (unpaired) electrons. The summed E-state index contributed by atoms with van der Waals surface area (Å²) in [4.78, 5) is 11.9. The Hall–Kier alpha value is -3.26. The van der Waals surface area contributed by atoms with Gasteiger partial charge in [0.15, 0.2) is 10.9 Å². The zero-order valence-electron chi connectivity index (χ0n) is 14.0. The van der Waals surface area contributed by atoms with Crippen LogP contribution in [0.15, 0.2) is 65.3 Å². The lowest BCUT2D eigenvalue weighted by molar-refractivity contribution is 0.0996. The predicted octanol–water partition coefficient (Wildman–Crippen LogP) is 4.30. The molecule has 3 rings (SSSR count). The lowest BCUT2D eigenvalue weighted by atomic mass is 10.2. The summed E-state index contributed by atoms with van der Waals surface area (Å²) < 4.78 is 31.4. The Morgan fingerprint density at radius 2 is 1.59 bits per heavy atom. The number of hydrogen-bond acceptors (Lipinski definition) is 3. The molecule has 0 aliphatic rings. The molecule has 5 nitrogen and oxygen atoms in total. The van der Waals surface area contributed by atoms with Gasteiger partial charge in [-0.3, -0.25) is 4.79 Å². The van der Waals surface area contributed by atoms with Crippen LogP contribution in [0.25, 0.3) is 0 Å². The molecule has 27 heavy (non-hydrogen) atoms. The average molecular weight is 387 g/mol.